The van der Waals surface area contributed by atoms with Gasteiger partial charge in [-0.25, -0.2) is 19.7 Å². The summed E-state index contributed by atoms with van der Waals surface area (Å²) in [7, 11) is 0. The first kappa shape index (κ1) is 22.5. The fourth-order valence-electron chi connectivity index (χ4n) is 4.16. The number of nitrogens with two attached hydrogens (primary N) is 1. The smallest absolute Gasteiger partial charge is 0.430 e. The van der Waals surface area contributed by atoms with Crippen molar-refractivity contribution in [1.29, 1.82) is 0 Å². The Kier molecular flexibility index (Phi) is 6.30. The van der Waals surface area contributed by atoms with Crippen LogP contribution < -0.4 is 26.0 Å². The van der Waals surface area contributed by atoms with Gasteiger partial charge >= 0.3 is 6.09 Å². The van der Waals surface area contributed by atoms with E-state index in [4.69, 9.17) is 15.3 Å². The van der Waals surface area contributed by atoms with Gasteiger partial charge in [0.05, 0.1) is 30.5 Å². The van der Waals surface area contributed by atoms with Crippen LogP contribution in [0.4, 0.5) is 22.2 Å². The van der Waals surface area contributed by atoms with Crippen molar-refractivity contribution in [3.05, 3.63) is 23.3 Å². The molecule has 0 saturated carbocycles. The molecule has 2 aliphatic heterocycles. The monoisotopic (exact) mass is 485 g/mol. The van der Waals surface area contributed by atoms with Crippen LogP contribution in [-0.2, 0) is 4.84 Å². The Morgan fingerprint density at radius 1 is 1.32 bits per heavy atom. The number of hydrogen-bond donors (Lipinski definition) is 3. The van der Waals surface area contributed by atoms with Crippen LogP contribution in [0.5, 0.6) is 5.88 Å². The Morgan fingerprint density at radius 2 is 2.21 bits per heavy atom. The minimum atomic E-state index is -0.563. The summed E-state index contributed by atoms with van der Waals surface area (Å²) < 4.78 is 5.87. The maximum absolute atomic E-state index is 12.5. The van der Waals surface area contributed by atoms with Crippen molar-refractivity contribution in [3.63, 3.8) is 0 Å². The number of thiazole rings is 1. The summed E-state index contributed by atoms with van der Waals surface area (Å²) in [4.78, 5) is 38.3. The highest BCUT2D eigenvalue weighted by Crippen LogP contribution is 2.29. The molecule has 4 N–H and O–H groups in total. The summed E-state index contributed by atoms with van der Waals surface area (Å²) in [5.41, 5.74) is 9.79. The van der Waals surface area contributed by atoms with Gasteiger partial charge in [-0.05, 0) is 32.4 Å². The van der Waals surface area contributed by atoms with Crippen LogP contribution in [0.2, 0.25) is 0 Å². The van der Waals surface area contributed by atoms with Gasteiger partial charge in [0.15, 0.2) is 10.6 Å². The van der Waals surface area contributed by atoms with Crippen LogP contribution in [0.15, 0.2) is 17.8 Å². The molecule has 0 spiro atoms. The molecule has 12 nitrogen and oxygen atoms in total. The van der Waals surface area contributed by atoms with Crippen molar-refractivity contribution >= 4 is 45.2 Å². The standard InChI is InChI=1S/C21H27N9O3S/c1-12-7-16(32-14-3-4-23-8-14)24-9-15(12)26-21(31)33-29-5-6-30(13(2)10-29)18-17-19(34-11-25-17)28-20(22)27-18/h7,9,11,13-14,23H,3-6,8,10H2,1-2H3,(H,26,31)(H2,22,27,28)/t13?,14-/m0/s1. The molecule has 34 heavy (non-hydrogen) atoms. The van der Waals surface area contributed by atoms with E-state index in [1.165, 1.54) is 11.3 Å². The highest BCUT2D eigenvalue weighted by atomic mass is 32.1. The van der Waals surface area contributed by atoms with Gasteiger partial charge in [0.2, 0.25) is 11.8 Å². The van der Waals surface area contributed by atoms with Gasteiger partial charge in [-0.3, -0.25) is 5.32 Å². The molecule has 3 aromatic rings. The van der Waals surface area contributed by atoms with Crippen LogP contribution in [0, 0.1) is 6.92 Å². The van der Waals surface area contributed by atoms with E-state index in [-0.39, 0.29) is 18.1 Å². The quantitative estimate of drug-likeness (QED) is 0.486. The van der Waals surface area contributed by atoms with Crippen molar-refractivity contribution in [1.82, 2.24) is 30.3 Å². The Bertz CT molecular complexity index is 1180. The zero-order chi connectivity index (χ0) is 23.7. The molecule has 0 aromatic carbocycles. The number of nitrogens with one attached hydrogen (secondary N) is 2. The lowest BCUT2D eigenvalue weighted by atomic mass is 10.2. The van der Waals surface area contributed by atoms with E-state index >= 15 is 0 Å². The molecule has 0 bridgehead atoms. The number of pyridine rings is 1. The normalized spacial score (nSPS) is 21.1. The molecule has 0 radical (unpaired) electrons. The third-order valence-electron chi connectivity index (χ3n) is 5.90. The maximum atomic E-state index is 12.5. The van der Waals surface area contributed by atoms with Gasteiger partial charge in [0.1, 0.15) is 11.6 Å². The molecular formula is C21H27N9O3S. The first-order valence-corrected chi connectivity index (χ1v) is 12.1. The molecule has 5 rings (SSSR count). The van der Waals surface area contributed by atoms with Crippen LogP contribution in [0.3, 0.4) is 0 Å². The molecule has 2 aliphatic rings. The number of ether oxygens (including phenoxy) is 1. The Hall–Kier alpha value is -3.29. The number of nitrogens with zero attached hydrogens (tertiary/aromatic N) is 6. The fourth-order valence-corrected chi connectivity index (χ4v) is 4.82. The zero-order valence-corrected chi connectivity index (χ0v) is 19.8. The molecule has 5 heterocycles. The number of amides is 1. The number of hydroxylamine groups is 2. The zero-order valence-electron chi connectivity index (χ0n) is 19.0. The van der Waals surface area contributed by atoms with Crippen LogP contribution in [-0.4, -0.2) is 76.0 Å². The van der Waals surface area contributed by atoms with Crippen LogP contribution >= 0.6 is 11.3 Å². The van der Waals surface area contributed by atoms with E-state index < -0.39 is 6.09 Å². The van der Waals surface area contributed by atoms with Crippen molar-refractivity contribution in [2.24, 2.45) is 0 Å². The second-order valence-electron chi connectivity index (χ2n) is 8.42. The number of rotatable bonds is 5. The summed E-state index contributed by atoms with van der Waals surface area (Å²) >= 11 is 1.43. The molecule has 1 unspecified atom stereocenters. The van der Waals surface area contributed by atoms with E-state index in [0.29, 0.717) is 37.0 Å². The van der Waals surface area contributed by atoms with Crippen LogP contribution in [0.1, 0.15) is 18.9 Å². The molecule has 2 saturated heterocycles. The van der Waals surface area contributed by atoms with Crippen molar-refractivity contribution in [2.45, 2.75) is 32.4 Å². The summed E-state index contributed by atoms with van der Waals surface area (Å²) in [5, 5.41) is 7.68. The van der Waals surface area contributed by atoms with E-state index in [2.05, 4.69) is 35.5 Å². The number of fused-ring (bicyclic) bond motifs is 1. The lowest BCUT2D eigenvalue weighted by Crippen LogP contribution is -2.53. The van der Waals surface area contributed by atoms with Crippen molar-refractivity contribution in [3.8, 4) is 5.88 Å². The summed E-state index contributed by atoms with van der Waals surface area (Å²) in [6, 6.07) is 1.84. The van der Waals surface area contributed by atoms with E-state index in [0.717, 1.165) is 35.4 Å². The molecule has 3 aromatic heterocycles. The Labute approximate surface area is 200 Å². The number of aromatic nitrogens is 4. The maximum Gasteiger partial charge on any atom is 0.430 e. The number of carbonyl (C=O) groups is 1. The number of carbonyl (C=O) groups excluding carboxylic acids is 1. The van der Waals surface area contributed by atoms with E-state index in [9.17, 15) is 4.79 Å². The van der Waals surface area contributed by atoms with Gasteiger partial charge < -0.3 is 25.5 Å². The predicted octanol–water partition coefficient (Wildman–Crippen LogP) is 1.79. The lowest BCUT2D eigenvalue weighted by molar-refractivity contribution is -0.103. The van der Waals surface area contributed by atoms with Gasteiger partial charge in [-0.2, -0.15) is 4.98 Å². The third kappa shape index (κ3) is 4.81. The Morgan fingerprint density at radius 3 is 2.97 bits per heavy atom. The van der Waals surface area contributed by atoms with Gasteiger partial charge in [-0.15, -0.1) is 16.4 Å². The minimum Gasteiger partial charge on any atom is -0.473 e. The molecule has 13 heteroatoms. The van der Waals surface area contributed by atoms with E-state index in [1.807, 2.05) is 19.9 Å². The molecule has 2 atom stereocenters. The topological polar surface area (TPSA) is 144 Å². The van der Waals surface area contributed by atoms with Crippen molar-refractivity contribution < 1.29 is 14.4 Å². The summed E-state index contributed by atoms with van der Waals surface area (Å²) in [5.74, 6) is 1.48. The average molecular weight is 486 g/mol. The lowest BCUT2D eigenvalue weighted by Gasteiger charge is -2.39. The molecule has 1 amide bonds. The number of aryl methyl sites for hydroxylation is 1. The van der Waals surface area contributed by atoms with Gasteiger partial charge in [-0.1, -0.05) is 0 Å². The minimum absolute atomic E-state index is 0.0191. The van der Waals surface area contributed by atoms with Gasteiger partial charge in [0, 0.05) is 25.2 Å². The highest BCUT2D eigenvalue weighted by molar-refractivity contribution is 7.16. The van der Waals surface area contributed by atoms with Crippen molar-refractivity contribution in [2.75, 3.05) is 48.7 Å². The number of nitrogen functional groups attached to an aromatic ring is 1. The second kappa shape index (κ2) is 9.52. The number of hydrogen-bond acceptors (Lipinski definition) is 12. The third-order valence-corrected chi connectivity index (χ3v) is 6.62. The predicted molar refractivity (Wildman–Crippen MR) is 129 cm³/mol. The molecule has 2 fully saturated rings. The van der Waals surface area contributed by atoms with E-state index in [1.54, 1.807) is 16.8 Å². The highest BCUT2D eigenvalue weighted by Gasteiger charge is 2.29. The fraction of sp³-hybridized carbons (Fsp3) is 0.476. The number of anilines is 3. The molecule has 180 valence electrons. The largest absolute Gasteiger partial charge is 0.473 e. The van der Waals surface area contributed by atoms with Gasteiger partial charge in [0.25, 0.3) is 0 Å². The SMILES string of the molecule is Cc1cc(O[C@H]2CCNC2)ncc1NC(=O)ON1CCN(c2nc(N)nc3scnc23)C(C)C1. The molecular weight excluding hydrogens is 458 g/mol. The number of piperazine rings is 1. The van der Waals surface area contributed by atoms with Crippen LogP contribution in [0.25, 0.3) is 10.3 Å². The summed E-state index contributed by atoms with van der Waals surface area (Å²) in [6.45, 7) is 7.30. The molecule has 0 aliphatic carbocycles. The second-order valence-corrected chi connectivity index (χ2v) is 9.25. The summed E-state index contributed by atoms with van der Waals surface area (Å²) in [6.07, 6.45) is 2.11. The Balaban J connectivity index is 1.17. The average Bonchev–Trinajstić information content (AvgIpc) is 3.47. The first-order chi connectivity index (χ1) is 16.5. The first-order valence-electron chi connectivity index (χ1n) is 11.2.